The molecule has 0 radical (unpaired) electrons. The molecule has 0 unspecified atom stereocenters. The zero-order chi connectivity index (χ0) is 14.1. The summed E-state index contributed by atoms with van der Waals surface area (Å²) < 4.78 is 0. The summed E-state index contributed by atoms with van der Waals surface area (Å²) in [4.78, 5) is 16.1. The van der Waals surface area contributed by atoms with Crippen molar-refractivity contribution in [2.24, 2.45) is 0 Å². The molecule has 21 heavy (non-hydrogen) atoms. The van der Waals surface area contributed by atoms with Gasteiger partial charge in [0.25, 0.3) is 0 Å². The molecule has 0 bridgehead atoms. The molecule has 2 aromatic heterocycles. The van der Waals surface area contributed by atoms with Crippen LogP contribution in [0.25, 0.3) is 22.4 Å². The molecule has 4 heteroatoms. The van der Waals surface area contributed by atoms with Crippen LogP contribution in [-0.2, 0) is 0 Å². The van der Waals surface area contributed by atoms with Crippen LogP contribution in [0, 0.1) is 0 Å². The quantitative estimate of drug-likeness (QED) is 0.720. The Labute approximate surface area is 123 Å². The van der Waals surface area contributed by atoms with E-state index in [1.54, 1.807) is 0 Å². The summed E-state index contributed by atoms with van der Waals surface area (Å²) in [6.45, 7) is 2.20. The monoisotopic (exact) mass is 276 g/mol. The summed E-state index contributed by atoms with van der Waals surface area (Å²) in [5.74, 6) is 0. The van der Waals surface area contributed by atoms with Crippen molar-refractivity contribution in [3.8, 4) is 11.3 Å². The Bertz CT molecular complexity index is 764. The Morgan fingerprint density at radius 3 is 2.52 bits per heavy atom. The van der Waals surface area contributed by atoms with Gasteiger partial charge in [-0.15, -0.1) is 0 Å². The zero-order valence-corrected chi connectivity index (χ0v) is 11.7. The molecule has 1 fully saturated rings. The molecule has 0 aliphatic carbocycles. The van der Waals surface area contributed by atoms with Crippen molar-refractivity contribution < 1.29 is 0 Å². The van der Waals surface area contributed by atoms with E-state index in [1.807, 2.05) is 48.8 Å². The molecule has 1 aliphatic rings. The normalized spacial score (nSPS) is 14.8. The van der Waals surface area contributed by atoms with Gasteiger partial charge in [-0.3, -0.25) is 0 Å². The fourth-order valence-electron chi connectivity index (χ4n) is 2.87. The van der Waals surface area contributed by atoms with Gasteiger partial charge in [0.1, 0.15) is 5.52 Å². The highest BCUT2D eigenvalue weighted by Gasteiger charge is 2.16. The Hall–Kier alpha value is -2.49. The lowest BCUT2D eigenvalue weighted by Gasteiger charge is -2.18. The first-order valence-electron chi connectivity index (χ1n) is 7.34. The van der Waals surface area contributed by atoms with Gasteiger partial charge in [0.15, 0.2) is 5.65 Å². The first-order valence-corrected chi connectivity index (χ1v) is 7.34. The minimum atomic E-state index is 0.723. The molecule has 0 amide bonds. The third kappa shape index (κ3) is 2.23. The number of hydrogen-bond donors (Lipinski definition) is 0. The average molecular weight is 276 g/mol. The van der Waals surface area contributed by atoms with Gasteiger partial charge >= 0.3 is 0 Å². The van der Waals surface area contributed by atoms with Gasteiger partial charge in [0.05, 0.1) is 17.6 Å². The molecule has 3 heterocycles. The maximum Gasteiger partial charge on any atom is 0.180 e. The van der Waals surface area contributed by atoms with Gasteiger partial charge in [-0.2, -0.15) is 0 Å². The van der Waals surface area contributed by atoms with Crippen molar-refractivity contribution in [2.45, 2.75) is 12.8 Å². The molecule has 1 aromatic carbocycles. The van der Waals surface area contributed by atoms with E-state index in [0.29, 0.717) is 0 Å². The van der Waals surface area contributed by atoms with E-state index in [9.17, 15) is 0 Å². The smallest absolute Gasteiger partial charge is 0.180 e. The van der Waals surface area contributed by atoms with E-state index in [-0.39, 0.29) is 0 Å². The second kappa shape index (κ2) is 5.13. The maximum absolute atomic E-state index is 4.68. The fourth-order valence-corrected chi connectivity index (χ4v) is 2.87. The molecule has 0 atom stereocenters. The summed E-state index contributed by atoms with van der Waals surface area (Å²) in [5.41, 5.74) is 4.72. The average Bonchev–Trinajstić information content (AvgIpc) is 3.09. The third-order valence-electron chi connectivity index (χ3n) is 3.94. The van der Waals surface area contributed by atoms with Crippen LogP contribution >= 0.6 is 0 Å². The first-order chi connectivity index (χ1) is 10.4. The molecule has 1 aliphatic heterocycles. The van der Waals surface area contributed by atoms with Crippen LogP contribution in [-0.4, -0.2) is 28.0 Å². The largest absolute Gasteiger partial charge is 0.370 e. The van der Waals surface area contributed by atoms with E-state index in [0.717, 1.165) is 41.2 Å². The highest BCUT2D eigenvalue weighted by atomic mass is 15.2. The lowest BCUT2D eigenvalue weighted by Crippen LogP contribution is -2.18. The molecule has 1 saturated heterocycles. The summed E-state index contributed by atoms with van der Waals surface area (Å²) >= 11 is 0. The number of fused-ring (bicyclic) bond motifs is 1. The van der Waals surface area contributed by atoms with Gasteiger partial charge in [0, 0.05) is 24.8 Å². The van der Waals surface area contributed by atoms with E-state index in [1.165, 1.54) is 12.8 Å². The standard InChI is InChI=1S/C17H16N4/c1-2-6-13(7-3-1)14-12-19-16-15(21-10-4-5-11-21)8-9-18-17(16)20-14/h1-3,6-9,12H,4-5,10-11H2. The van der Waals surface area contributed by atoms with Crippen LogP contribution in [0.5, 0.6) is 0 Å². The second-order valence-electron chi connectivity index (χ2n) is 5.32. The zero-order valence-electron chi connectivity index (χ0n) is 11.7. The van der Waals surface area contributed by atoms with Crippen molar-refractivity contribution in [3.05, 3.63) is 48.8 Å². The highest BCUT2D eigenvalue weighted by molar-refractivity contribution is 5.86. The molecule has 0 spiro atoms. The van der Waals surface area contributed by atoms with Gasteiger partial charge in [-0.1, -0.05) is 30.3 Å². The van der Waals surface area contributed by atoms with E-state index in [4.69, 9.17) is 0 Å². The topological polar surface area (TPSA) is 41.9 Å². The molecule has 4 nitrogen and oxygen atoms in total. The fraction of sp³-hybridized carbons (Fsp3) is 0.235. The van der Waals surface area contributed by atoms with Crippen LogP contribution in [0.2, 0.25) is 0 Å². The lowest BCUT2D eigenvalue weighted by atomic mass is 10.1. The number of rotatable bonds is 2. The number of anilines is 1. The van der Waals surface area contributed by atoms with Gasteiger partial charge in [-0.05, 0) is 18.9 Å². The first kappa shape index (κ1) is 12.3. The van der Waals surface area contributed by atoms with E-state index in [2.05, 4.69) is 19.9 Å². The van der Waals surface area contributed by atoms with Crippen molar-refractivity contribution in [2.75, 3.05) is 18.0 Å². The minimum absolute atomic E-state index is 0.723. The minimum Gasteiger partial charge on any atom is -0.370 e. The summed E-state index contributed by atoms with van der Waals surface area (Å²) in [7, 11) is 0. The van der Waals surface area contributed by atoms with Gasteiger partial charge < -0.3 is 4.90 Å². The second-order valence-corrected chi connectivity index (χ2v) is 5.32. The summed E-state index contributed by atoms with van der Waals surface area (Å²) in [6.07, 6.45) is 6.18. The lowest BCUT2D eigenvalue weighted by molar-refractivity contribution is 0.949. The molecule has 104 valence electrons. The van der Waals surface area contributed by atoms with Crippen LogP contribution in [0.4, 0.5) is 5.69 Å². The molecule has 0 saturated carbocycles. The van der Waals surface area contributed by atoms with Crippen LogP contribution in [0.1, 0.15) is 12.8 Å². The molecular weight excluding hydrogens is 260 g/mol. The van der Waals surface area contributed by atoms with Crippen molar-refractivity contribution in [1.29, 1.82) is 0 Å². The van der Waals surface area contributed by atoms with Gasteiger partial charge in [0.2, 0.25) is 0 Å². The van der Waals surface area contributed by atoms with Crippen LogP contribution in [0.15, 0.2) is 48.8 Å². The van der Waals surface area contributed by atoms with Gasteiger partial charge in [-0.25, -0.2) is 15.0 Å². The molecular formula is C17H16N4. The molecule has 3 aromatic rings. The Morgan fingerprint density at radius 2 is 1.71 bits per heavy atom. The van der Waals surface area contributed by atoms with Crippen LogP contribution in [0.3, 0.4) is 0 Å². The van der Waals surface area contributed by atoms with Crippen LogP contribution < -0.4 is 4.90 Å². The predicted octanol–water partition coefficient (Wildman–Crippen LogP) is 3.29. The predicted molar refractivity (Wildman–Crippen MR) is 84.2 cm³/mol. The number of hydrogen-bond acceptors (Lipinski definition) is 4. The Morgan fingerprint density at radius 1 is 0.905 bits per heavy atom. The number of benzene rings is 1. The number of pyridine rings is 1. The molecule has 4 rings (SSSR count). The summed E-state index contributed by atoms with van der Waals surface area (Å²) in [6, 6.07) is 12.1. The number of aromatic nitrogens is 3. The third-order valence-corrected chi connectivity index (χ3v) is 3.94. The van der Waals surface area contributed by atoms with Crippen molar-refractivity contribution in [1.82, 2.24) is 15.0 Å². The SMILES string of the molecule is c1ccc(-c2cnc3c(N4CCCC4)ccnc3n2)cc1. The number of nitrogens with zero attached hydrogens (tertiary/aromatic N) is 4. The summed E-state index contributed by atoms with van der Waals surface area (Å²) in [5, 5.41) is 0. The van der Waals surface area contributed by atoms with E-state index < -0.39 is 0 Å². The molecule has 0 N–H and O–H groups in total. The van der Waals surface area contributed by atoms with Crippen molar-refractivity contribution in [3.63, 3.8) is 0 Å². The van der Waals surface area contributed by atoms with E-state index >= 15 is 0 Å². The van der Waals surface area contributed by atoms with Crippen molar-refractivity contribution >= 4 is 16.9 Å². The Balaban J connectivity index is 1.82. The Kier molecular flexibility index (Phi) is 2.99. The maximum atomic E-state index is 4.68. The highest BCUT2D eigenvalue weighted by Crippen LogP contribution is 2.27.